The van der Waals surface area contributed by atoms with Crippen molar-refractivity contribution < 1.29 is 9.66 Å². The number of nitro groups is 1. The number of nitro benzene ring substituents is 1. The Morgan fingerprint density at radius 1 is 1.18 bits per heavy atom. The minimum atomic E-state index is -0.391. The van der Waals surface area contributed by atoms with E-state index in [0.29, 0.717) is 17.1 Å². The van der Waals surface area contributed by atoms with Gasteiger partial charge in [0.1, 0.15) is 17.0 Å². The van der Waals surface area contributed by atoms with Crippen molar-refractivity contribution >= 4 is 16.7 Å². The zero-order valence-electron chi connectivity index (χ0n) is 12.4. The van der Waals surface area contributed by atoms with Crippen molar-refractivity contribution in [1.29, 1.82) is 0 Å². The molecule has 2 aromatic carbocycles. The molecule has 0 saturated carbocycles. The molecule has 1 aromatic heterocycles. The standard InChI is InChI=1S/C15H14N4O3/c1-9-10(2)15(7-6-13(9)19(20)21)22-11-4-5-14-12(8-11)16-17-18(14)3/h4-8H,1-3H3. The van der Waals surface area contributed by atoms with Crippen LogP contribution in [0.2, 0.25) is 0 Å². The molecule has 0 aliphatic rings. The highest BCUT2D eigenvalue weighted by molar-refractivity contribution is 5.76. The fraction of sp³-hybridized carbons (Fsp3) is 0.200. The van der Waals surface area contributed by atoms with E-state index in [2.05, 4.69) is 10.3 Å². The van der Waals surface area contributed by atoms with Crippen LogP contribution in [-0.4, -0.2) is 19.9 Å². The third-order valence-corrected chi connectivity index (χ3v) is 3.72. The lowest BCUT2D eigenvalue weighted by Crippen LogP contribution is -1.96. The second kappa shape index (κ2) is 5.10. The summed E-state index contributed by atoms with van der Waals surface area (Å²) in [7, 11) is 1.82. The molecule has 0 aliphatic heterocycles. The largest absolute Gasteiger partial charge is 0.457 e. The highest BCUT2D eigenvalue weighted by Crippen LogP contribution is 2.32. The van der Waals surface area contributed by atoms with E-state index in [1.807, 2.05) is 19.2 Å². The van der Waals surface area contributed by atoms with Gasteiger partial charge in [-0.25, -0.2) is 4.68 Å². The van der Waals surface area contributed by atoms with Gasteiger partial charge in [0.25, 0.3) is 5.69 Å². The van der Waals surface area contributed by atoms with Crippen LogP contribution >= 0.6 is 0 Å². The van der Waals surface area contributed by atoms with E-state index in [4.69, 9.17) is 4.74 Å². The number of aromatic nitrogens is 3. The third-order valence-electron chi connectivity index (χ3n) is 3.72. The Kier molecular flexibility index (Phi) is 3.25. The highest BCUT2D eigenvalue weighted by Gasteiger charge is 2.16. The average Bonchev–Trinajstić information content (AvgIpc) is 2.85. The van der Waals surface area contributed by atoms with Gasteiger partial charge in [0, 0.05) is 30.3 Å². The Labute approximate surface area is 126 Å². The molecule has 22 heavy (non-hydrogen) atoms. The van der Waals surface area contributed by atoms with Crippen molar-refractivity contribution in [2.45, 2.75) is 13.8 Å². The molecule has 0 radical (unpaired) electrons. The molecule has 3 aromatic rings. The Hall–Kier alpha value is -2.96. The molecule has 7 nitrogen and oxygen atoms in total. The zero-order chi connectivity index (χ0) is 15.9. The van der Waals surface area contributed by atoms with E-state index in [9.17, 15) is 10.1 Å². The molecule has 3 rings (SSSR count). The van der Waals surface area contributed by atoms with Gasteiger partial charge in [0.2, 0.25) is 0 Å². The van der Waals surface area contributed by atoms with Gasteiger partial charge >= 0.3 is 0 Å². The molecule has 0 amide bonds. The molecule has 0 spiro atoms. The van der Waals surface area contributed by atoms with Gasteiger partial charge in [-0.3, -0.25) is 10.1 Å². The number of benzene rings is 2. The van der Waals surface area contributed by atoms with E-state index >= 15 is 0 Å². The van der Waals surface area contributed by atoms with Gasteiger partial charge in [-0.2, -0.15) is 0 Å². The SMILES string of the molecule is Cc1c(Oc2ccc3c(c2)nnn3C)ccc([N+](=O)[O-])c1C. The van der Waals surface area contributed by atoms with Gasteiger partial charge < -0.3 is 4.74 Å². The van der Waals surface area contributed by atoms with E-state index in [1.165, 1.54) is 6.07 Å². The van der Waals surface area contributed by atoms with Crippen LogP contribution in [0.3, 0.4) is 0 Å². The van der Waals surface area contributed by atoms with Crippen molar-refractivity contribution in [2.75, 3.05) is 0 Å². The monoisotopic (exact) mass is 298 g/mol. The second-order valence-electron chi connectivity index (χ2n) is 5.06. The summed E-state index contributed by atoms with van der Waals surface area (Å²) >= 11 is 0. The number of fused-ring (bicyclic) bond motifs is 1. The Morgan fingerprint density at radius 3 is 2.68 bits per heavy atom. The lowest BCUT2D eigenvalue weighted by atomic mass is 10.1. The first-order valence-corrected chi connectivity index (χ1v) is 6.69. The van der Waals surface area contributed by atoms with Gasteiger partial charge in [0.15, 0.2) is 0 Å². The molecule has 0 fully saturated rings. The first kappa shape index (κ1) is 14.0. The van der Waals surface area contributed by atoms with E-state index < -0.39 is 4.92 Å². The van der Waals surface area contributed by atoms with Crippen molar-refractivity contribution in [3.63, 3.8) is 0 Å². The fourth-order valence-corrected chi connectivity index (χ4v) is 2.30. The van der Waals surface area contributed by atoms with E-state index in [-0.39, 0.29) is 5.69 Å². The fourth-order valence-electron chi connectivity index (χ4n) is 2.30. The predicted octanol–water partition coefficient (Wildman–Crippen LogP) is 3.29. The molecule has 112 valence electrons. The summed E-state index contributed by atoms with van der Waals surface area (Å²) in [6.07, 6.45) is 0. The van der Waals surface area contributed by atoms with Crippen molar-refractivity contribution in [2.24, 2.45) is 7.05 Å². The van der Waals surface area contributed by atoms with Crippen LogP contribution in [0.5, 0.6) is 11.5 Å². The molecule has 0 saturated heterocycles. The molecule has 0 N–H and O–H groups in total. The molecule has 0 atom stereocenters. The summed E-state index contributed by atoms with van der Waals surface area (Å²) in [6, 6.07) is 8.55. The zero-order valence-corrected chi connectivity index (χ0v) is 12.4. The lowest BCUT2D eigenvalue weighted by Gasteiger charge is -2.10. The Bertz CT molecular complexity index is 886. The minimum Gasteiger partial charge on any atom is -0.457 e. The highest BCUT2D eigenvalue weighted by atomic mass is 16.6. The molecule has 0 aliphatic carbocycles. The van der Waals surface area contributed by atoms with Gasteiger partial charge in [-0.15, -0.1) is 5.10 Å². The molecular formula is C15H14N4O3. The van der Waals surface area contributed by atoms with Gasteiger partial charge in [-0.1, -0.05) is 5.21 Å². The van der Waals surface area contributed by atoms with Gasteiger partial charge in [0.05, 0.1) is 10.4 Å². The summed E-state index contributed by atoms with van der Waals surface area (Å²) in [4.78, 5) is 10.5. The number of hydrogen-bond donors (Lipinski definition) is 0. The van der Waals surface area contributed by atoms with Crippen molar-refractivity contribution in [3.05, 3.63) is 51.6 Å². The first-order valence-electron chi connectivity index (χ1n) is 6.69. The van der Waals surface area contributed by atoms with Crippen LogP contribution in [-0.2, 0) is 7.05 Å². The number of rotatable bonds is 3. The van der Waals surface area contributed by atoms with E-state index in [1.54, 1.807) is 30.7 Å². The predicted molar refractivity (Wildman–Crippen MR) is 81.2 cm³/mol. The molecular weight excluding hydrogens is 284 g/mol. The maximum atomic E-state index is 10.9. The molecule has 0 bridgehead atoms. The quantitative estimate of drug-likeness (QED) is 0.547. The van der Waals surface area contributed by atoms with Crippen LogP contribution in [0, 0.1) is 24.0 Å². The number of nitrogens with zero attached hydrogens (tertiary/aromatic N) is 4. The molecule has 1 heterocycles. The summed E-state index contributed by atoms with van der Waals surface area (Å²) in [5, 5.41) is 18.9. The molecule has 7 heteroatoms. The number of ether oxygens (including phenoxy) is 1. The number of aryl methyl sites for hydroxylation is 1. The Balaban J connectivity index is 1.97. The van der Waals surface area contributed by atoms with Crippen LogP contribution in [0.1, 0.15) is 11.1 Å². The van der Waals surface area contributed by atoms with Crippen LogP contribution in [0.15, 0.2) is 30.3 Å². The van der Waals surface area contributed by atoms with Crippen LogP contribution < -0.4 is 4.74 Å². The lowest BCUT2D eigenvalue weighted by molar-refractivity contribution is -0.385. The minimum absolute atomic E-state index is 0.0919. The summed E-state index contributed by atoms with van der Waals surface area (Å²) < 4.78 is 7.52. The molecule has 0 unspecified atom stereocenters. The first-order chi connectivity index (χ1) is 10.5. The van der Waals surface area contributed by atoms with Crippen molar-refractivity contribution in [3.8, 4) is 11.5 Å². The maximum Gasteiger partial charge on any atom is 0.272 e. The van der Waals surface area contributed by atoms with Crippen molar-refractivity contribution in [1.82, 2.24) is 15.0 Å². The summed E-state index contributed by atoms with van der Waals surface area (Å²) in [6.45, 7) is 3.52. The maximum absolute atomic E-state index is 10.9. The van der Waals surface area contributed by atoms with Crippen LogP contribution in [0.25, 0.3) is 11.0 Å². The Morgan fingerprint density at radius 2 is 1.95 bits per heavy atom. The third kappa shape index (κ3) is 2.26. The second-order valence-corrected chi connectivity index (χ2v) is 5.06. The smallest absolute Gasteiger partial charge is 0.272 e. The number of hydrogen-bond acceptors (Lipinski definition) is 5. The van der Waals surface area contributed by atoms with E-state index in [0.717, 1.165) is 16.6 Å². The summed E-state index contributed by atoms with van der Waals surface area (Å²) in [5.41, 5.74) is 3.07. The summed E-state index contributed by atoms with van der Waals surface area (Å²) in [5.74, 6) is 1.20. The van der Waals surface area contributed by atoms with Gasteiger partial charge in [-0.05, 0) is 32.0 Å². The normalized spacial score (nSPS) is 10.9. The topological polar surface area (TPSA) is 83.1 Å². The average molecular weight is 298 g/mol. The van der Waals surface area contributed by atoms with Crippen LogP contribution in [0.4, 0.5) is 5.69 Å².